The topological polar surface area (TPSA) is 67.9 Å². The lowest BCUT2D eigenvalue weighted by Gasteiger charge is -2.39. The highest BCUT2D eigenvalue weighted by Gasteiger charge is 2.46. The Bertz CT molecular complexity index is 836. The molecule has 6 nitrogen and oxygen atoms in total. The number of hydrogen-bond acceptors (Lipinski definition) is 5. The number of nitrogens with zero attached hydrogens (tertiary/aromatic N) is 1. The normalized spacial score (nSPS) is 41.8. The number of imide groups is 1. The Morgan fingerprint density at radius 3 is 2.83 bits per heavy atom. The maximum absolute atomic E-state index is 12.4. The first-order chi connectivity index (χ1) is 14.6. The summed E-state index contributed by atoms with van der Waals surface area (Å²) in [6.45, 7) is 4.29. The van der Waals surface area contributed by atoms with Crippen molar-refractivity contribution in [1.29, 1.82) is 0 Å². The number of amides is 2. The number of rotatable bonds is 5. The van der Waals surface area contributed by atoms with E-state index in [-0.39, 0.29) is 29.8 Å². The first kappa shape index (κ1) is 18.7. The predicted octanol–water partition coefficient (Wildman–Crippen LogP) is 2.39. The molecule has 7 atom stereocenters. The van der Waals surface area contributed by atoms with E-state index < -0.39 is 0 Å². The molecule has 0 radical (unpaired) electrons. The molecule has 6 unspecified atom stereocenters. The Morgan fingerprint density at radius 1 is 1.13 bits per heavy atom. The Balaban J connectivity index is 1.07. The molecule has 30 heavy (non-hydrogen) atoms. The first-order valence-corrected chi connectivity index (χ1v) is 11.6. The summed E-state index contributed by atoms with van der Waals surface area (Å²) in [5, 5.41) is 2.50. The second-order valence-electron chi connectivity index (χ2n) is 9.99. The minimum atomic E-state index is -0.222. The number of nitrogens with one attached hydrogen (secondary N) is 1. The average molecular weight is 411 g/mol. The van der Waals surface area contributed by atoms with E-state index in [1.54, 1.807) is 0 Å². The third-order valence-electron chi connectivity index (χ3n) is 8.09. The fourth-order valence-corrected chi connectivity index (χ4v) is 6.30. The van der Waals surface area contributed by atoms with Crippen LogP contribution in [0.1, 0.15) is 32.1 Å². The molecule has 0 aromatic carbocycles. The molecule has 0 aromatic rings. The average Bonchev–Trinajstić information content (AvgIpc) is 3.14. The van der Waals surface area contributed by atoms with Gasteiger partial charge in [-0.15, -0.1) is 0 Å². The third kappa shape index (κ3) is 3.39. The summed E-state index contributed by atoms with van der Waals surface area (Å²) >= 11 is 0. The molecular weight excluding hydrogens is 380 g/mol. The fourth-order valence-electron chi connectivity index (χ4n) is 6.30. The number of allylic oxidation sites excluding steroid dienone is 3. The van der Waals surface area contributed by atoms with Crippen molar-refractivity contribution in [2.45, 2.75) is 38.2 Å². The van der Waals surface area contributed by atoms with Crippen LogP contribution in [0.15, 0.2) is 35.8 Å². The van der Waals surface area contributed by atoms with Gasteiger partial charge in [0, 0.05) is 32.0 Å². The van der Waals surface area contributed by atoms with E-state index >= 15 is 0 Å². The van der Waals surface area contributed by atoms with Crippen molar-refractivity contribution in [3.8, 4) is 0 Å². The van der Waals surface area contributed by atoms with Crippen LogP contribution in [0.5, 0.6) is 0 Å². The smallest absolute Gasteiger partial charge is 0.233 e. The Hall–Kier alpha value is -2.08. The van der Waals surface area contributed by atoms with E-state index in [1.807, 2.05) is 6.26 Å². The molecule has 3 aliphatic heterocycles. The molecular formula is C24H30N2O4. The molecule has 0 spiro atoms. The van der Waals surface area contributed by atoms with Gasteiger partial charge in [-0.1, -0.05) is 6.08 Å². The van der Waals surface area contributed by atoms with Crippen molar-refractivity contribution in [2.75, 3.05) is 26.2 Å². The van der Waals surface area contributed by atoms with E-state index in [1.165, 1.54) is 19.5 Å². The van der Waals surface area contributed by atoms with Crippen LogP contribution in [0.4, 0.5) is 0 Å². The molecule has 6 heteroatoms. The van der Waals surface area contributed by atoms with Crippen molar-refractivity contribution >= 4 is 11.8 Å². The van der Waals surface area contributed by atoms with Crippen LogP contribution >= 0.6 is 0 Å². The van der Waals surface area contributed by atoms with Gasteiger partial charge < -0.3 is 9.47 Å². The van der Waals surface area contributed by atoms with E-state index in [9.17, 15) is 9.59 Å². The van der Waals surface area contributed by atoms with Crippen LogP contribution in [0.3, 0.4) is 0 Å². The molecule has 3 aliphatic carbocycles. The molecule has 3 heterocycles. The number of fused-ring (bicyclic) bond motifs is 3. The van der Waals surface area contributed by atoms with E-state index in [2.05, 4.69) is 28.4 Å². The quantitative estimate of drug-likeness (QED) is 0.705. The summed E-state index contributed by atoms with van der Waals surface area (Å²) in [6, 6.07) is 0. The molecule has 2 saturated heterocycles. The van der Waals surface area contributed by atoms with Gasteiger partial charge in [0.25, 0.3) is 0 Å². The lowest BCUT2D eigenvalue weighted by atomic mass is 9.67. The summed E-state index contributed by atoms with van der Waals surface area (Å²) < 4.78 is 12.1. The molecule has 6 aliphatic rings. The second kappa shape index (κ2) is 7.26. The second-order valence-corrected chi connectivity index (χ2v) is 9.99. The van der Waals surface area contributed by atoms with E-state index in [0.717, 1.165) is 49.2 Å². The molecule has 0 aromatic heterocycles. The standard InChI is InChI=1S/C24H30N2O4/c27-23-4-3-19(24(28)25-23)21-13-30-22-10-14-1-2-18(8-15(14)9-20(21)22)29-6-5-26-11-16-7-17(16)12-26/h1-2,8,13-17,19-20,22H,3-7,9-12H2,(H,25,27,28)/t14?,15?,16?,17?,19-,20?,22?/m1/s1. The third-order valence-corrected chi connectivity index (χ3v) is 8.09. The zero-order chi connectivity index (χ0) is 20.2. The van der Waals surface area contributed by atoms with Crippen molar-refractivity contribution in [3.63, 3.8) is 0 Å². The van der Waals surface area contributed by atoms with Gasteiger partial charge in [-0.3, -0.25) is 19.8 Å². The van der Waals surface area contributed by atoms with Crippen LogP contribution in [-0.2, 0) is 19.1 Å². The van der Waals surface area contributed by atoms with Crippen molar-refractivity contribution in [1.82, 2.24) is 10.2 Å². The highest BCUT2D eigenvalue weighted by atomic mass is 16.5. The van der Waals surface area contributed by atoms with Crippen LogP contribution in [0.25, 0.3) is 0 Å². The molecule has 6 rings (SSSR count). The number of carbonyl (C=O) groups excluding carboxylic acids is 2. The van der Waals surface area contributed by atoms with Crippen LogP contribution < -0.4 is 5.32 Å². The number of piperidine rings is 2. The Kier molecular flexibility index (Phi) is 4.52. The van der Waals surface area contributed by atoms with Crippen molar-refractivity contribution < 1.29 is 19.1 Å². The summed E-state index contributed by atoms with van der Waals surface area (Å²) in [5.41, 5.74) is 1.08. The van der Waals surface area contributed by atoms with Gasteiger partial charge in [0.05, 0.1) is 12.2 Å². The fraction of sp³-hybridized carbons (Fsp3) is 0.667. The molecule has 1 N–H and O–H groups in total. The van der Waals surface area contributed by atoms with Gasteiger partial charge in [-0.2, -0.15) is 0 Å². The largest absolute Gasteiger partial charge is 0.497 e. The molecule has 4 fully saturated rings. The highest BCUT2D eigenvalue weighted by molar-refractivity contribution is 5.99. The number of hydrogen-bond donors (Lipinski definition) is 1. The predicted molar refractivity (Wildman–Crippen MR) is 110 cm³/mol. The van der Waals surface area contributed by atoms with Crippen molar-refractivity contribution in [3.05, 3.63) is 35.8 Å². The number of likely N-dealkylation sites (tertiary alicyclic amines) is 1. The van der Waals surface area contributed by atoms with Crippen molar-refractivity contribution in [2.24, 2.45) is 35.5 Å². The van der Waals surface area contributed by atoms with E-state index in [4.69, 9.17) is 9.47 Å². The maximum atomic E-state index is 12.4. The van der Waals surface area contributed by atoms with Gasteiger partial charge in [0.2, 0.25) is 11.8 Å². The van der Waals surface area contributed by atoms with Gasteiger partial charge in [-0.25, -0.2) is 0 Å². The summed E-state index contributed by atoms with van der Waals surface area (Å²) in [4.78, 5) is 26.4. The molecule has 2 amide bonds. The lowest BCUT2D eigenvalue weighted by Crippen LogP contribution is -2.43. The van der Waals surface area contributed by atoms with Gasteiger partial charge >= 0.3 is 0 Å². The summed E-state index contributed by atoms with van der Waals surface area (Å²) in [5.74, 6) is 3.53. The van der Waals surface area contributed by atoms with Gasteiger partial charge in [0.1, 0.15) is 18.5 Å². The monoisotopic (exact) mass is 410 g/mol. The van der Waals surface area contributed by atoms with Crippen LogP contribution in [0.2, 0.25) is 0 Å². The number of carbonyl (C=O) groups is 2. The zero-order valence-corrected chi connectivity index (χ0v) is 17.3. The Morgan fingerprint density at radius 2 is 2.00 bits per heavy atom. The highest BCUT2D eigenvalue weighted by Crippen LogP contribution is 2.48. The maximum Gasteiger partial charge on any atom is 0.233 e. The van der Waals surface area contributed by atoms with Crippen LogP contribution in [-0.4, -0.2) is 49.1 Å². The zero-order valence-electron chi connectivity index (χ0n) is 17.3. The SMILES string of the molecule is O=C1CC[C@H](C2=COC3CC4C=CC(OCCN5CC6CC6C5)=CC4CC23)C(=O)N1. The summed E-state index contributed by atoms with van der Waals surface area (Å²) in [6.07, 6.45) is 13.1. The van der Waals surface area contributed by atoms with Crippen LogP contribution in [0, 0.1) is 35.5 Å². The Labute approximate surface area is 177 Å². The van der Waals surface area contributed by atoms with Gasteiger partial charge in [-0.05, 0) is 67.1 Å². The first-order valence-electron chi connectivity index (χ1n) is 11.6. The minimum Gasteiger partial charge on any atom is -0.497 e. The minimum absolute atomic E-state index is 0.147. The molecule has 2 saturated carbocycles. The van der Waals surface area contributed by atoms with Gasteiger partial charge in [0.15, 0.2) is 0 Å². The molecule has 160 valence electrons. The van der Waals surface area contributed by atoms with E-state index in [0.29, 0.717) is 24.7 Å². The molecule has 0 bridgehead atoms. The number of ether oxygens (including phenoxy) is 2. The summed E-state index contributed by atoms with van der Waals surface area (Å²) in [7, 11) is 0. The lowest BCUT2D eigenvalue weighted by molar-refractivity contribution is -0.135.